The number of hydrogen-bond acceptors (Lipinski definition) is 2. The van der Waals surface area contributed by atoms with Gasteiger partial charge in [0.15, 0.2) is 5.96 Å². The van der Waals surface area contributed by atoms with Gasteiger partial charge in [0.1, 0.15) is 5.75 Å². The molecule has 0 spiro atoms. The maximum Gasteiger partial charge on any atom is 0.191 e. The molecule has 4 heteroatoms. The van der Waals surface area contributed by atoms with Crippen LogP contribution in [0.5, 0.6) is 5.75 Å². The van der Waals surface area contributed by atoms with Crippen LogP contribution in [0.4, 0.5) is 0 Å². The van der Waals surface area contributed by atoms with E-state index in [4.69, 9.17) is 0 Å². The number of phenols is 1. The topological polar surface area (TPSA) is 56.7 Å². The molecule has 1 aromatic rings. The van der Waals surface area contributed by atoms with Crippen LogP contribution in [0.3, 0.4) is 0 Å². The highest BCUT2D eigenvalue weighted by atomic mass is 16.3. The molecular weight excluding hydrogens is 226 g/mol. The molecule has 0 bridgehead atoms. The molecule has 18 heavy (non-hydrogen) atoms. The average molecular weight is 247 g/mol. The number of guanidine groups is 1. The third-order valence-corrected chi connectivity index (χ3v) is 2.93. The van der Waals surface area contributed by atoms with E-state index in [0.717, 1.165) is 30.5 Å². The van der Waals surface area contributed by atoms with Crippen molar-refractivity contribution in [2.75, 3.05) is 13.1 Å². The molecule has 0 aliphatic heterocycles. The number of hydrogen-bond donors (Lipinski definition) is 3. The fourth-order valence-corrected chi connectivity index (χ4v) is 1.73. The summed E-state index contributed by atoms with van der Waals surface area (Å²) in [5.41, 5.74) is 1.01. The predicted molar refractivity (Wildman–Crippen MR) is 73.6 cm³/mol. The summed E-state index contributed by atoms with van der Waals surface area (Å²) >= 11 is 0. The first-order valence-corrected chi connectivity index (χ1v) is 6.58. The van der Waals surface area contributed by atoms with Gasteiger partial charge in [0.25, 0.3) is 0 Å². The Balaban J connectivity index is 1.89. The van der Waals surface area contributed by atoms with Crippen molar-refractivity contribution in [1.29, 1.82) is 0 Å². The predicted octanol–water partition coefficient (Wildman–Crippen LogP) is 1.86. The molecule has 2 rings (SSSR count). The van der Waals surface area contributed by atoms with Gasteiger partial charge in [-0.1, -0.05) is 12.1 Å². The van der Waals surface area contributed by atoms with E-state index in [1.54, 1.807) is 12.1 Å². The maximum atomic E-state index is 9.39. The third-order valence-electron chi connectivity index (χ3n) is 2.93. The van der Waals surface area contributed by atoms with E-state index in [1.807, 2.05) is 12.1 Å². The quantitative estimate of drug-likeness (QED) is 0.550. The Morgan fingerprint density at radius 3 is 2.89 bits per heavy atom. The highest BCUT2D eigenvalue weighted by Gasteiger charge is 2.20. The lowest BCUT2D eigenvalue weighted by Crippen LogP contribution is -2.38. The summed E-state index contributed by atoms with van der Waals surface area (Å²) < 4.78 is 0. The van der Waals surface area contributed by atoms with Gasteiger partial charge in [0, 0.05) is 13.1 Å². The zero-order chi connectivity index (χ0) is 12.8. The van der Waals surface area contributed by atoms with Crippen molar-refractivity contribution in [3.05, 3.63) is 29.8 Å². The SMILES string of the molecule is CCNC(=NCc1cccc(O)c1)NCC1CC1. The van der Waals surface area contributed by atoms with Crippen LogP contribution in [0.1, 0.15) is 25.3 Å². The normalized spacial score (nSPS) is 15.5. The summed E-state index contributed by atoms with van der Waals surface area (Å²) in [6, 6.07) is 7.22. The molecule has 4 nitrogen and oxygen atoms in total. The molecule has 0 atom stereocenters. The fraction of sp³-hybridized carbons (Fsp3) is 0.500. The summed E-state index contributed by atoms with van der Waals surface area (Å²) in [5, 5.41) is 16.0. The zero-order valence-corrected chi connectivity index (χ0v) is 10.8. The standard InChI is InChI=1S/C14H21N3O/c1-2-15-14(16-9-11-6-7-11)17-10-12-4-3-5-13(18)8-12/h3-5,8,11,18H,2,6-7,9-10H2,1H3,(H2,15,16,17). The summed E-state index contributed by atoms with van der Waals surface area (Å²) in [4.78, 5) is 4.51. The molecule has 1 fully saturated rings. The molecule has 1 aromatic carbocycles. The Labute approximate surface area is 108 Å². The third kappa shape index (κ3) is 4.28. The number of aromatic hydroxyl groups is 1. The lowest BCUT2D eigenvalue weighted by Gasteiger charge is -2.10. The Morgan fingerprint density at radius 1 is 1.39 bits per heavy atom. The summed E-state index contributed by atoms with van der Waals surface area (Å²) in [6.07, 6.45) is 2.66. The van der Waals surface area contributed by atoms with Crippen LogP contribution < -0.4 is 10.6 Å². The molecule has 1 aliphatic rings. The molecule has 1 aliphatic carbocycles. The molecule has 0 heterocycles. The number of phenolic OH excluding ortho intramolecular Hbond substituents is 1. The largest absolute Gasteiger partial charge is 0.508 e. The van der Waals surface area contributed by atoms with Crippen molar-refractivity contribution in [3.63, 3.8) is 0 Å². The van der Waals surface area contributed by atoms with E-state index < -0.39 is 0 Å². The first-order valence-electron chi connectivity index (χ1n) is 6.58. The van der Waals surface area contributed by atoms with Crippen LogP contribution in [0.25, 0.3) is 0 Å². The van der Waals surface area contributed by atoms with E-state index in [2.05, 4.69) is 22.5 Å². The van der Waals surface area contributed by atoms with Crippen molar-refractivity contribution in [2.45, 2.75) is 26.3 Å². The fourth-order valence-electron chi connectivity index (χ4n) is 1.73. The number of rotatable bonds is 5. The highest BCUT2D eigenvalue weighted by molar-refractivity contribution is 5.79. The van der Waals surface area contributed by atoms with Crippen LogP contribution in [-0.4, -0.2) is 24.2 Å². The monoisotopic (exact) mass is 247 g/mol. The van der Waals surface area contributed by atoms with Crippen LogP contribution in [0.2, 0.25) is 0 Å². The van der Waals surface area contributed by atoms with Crippen LogP contribution in [0.15, 0.2) is 29.3 Å². The van der Waals surface area contributed by atoms with Gasteiger partial charge in [-0.3, -0.25) is 0 Å². The molecule has 1 saturated carbocycles. The second-order valence-electron chi connectivity index (χ2n) is 4.69. The van der Waals surface area contributed by atoms with E-state index in [-0.39, 0.29) is 0 Å². The Morgan fingerprint density at radius 2 is 2.22 bits per heavy atom. The van der Waals surface area contributed by atoms with Crippen molar-refractivity contribution < 1.29 is 5.11 Å². The molecular formula is C14H21N3O. The van der Waals surface area contributed by atoms with Gasteiger partial charge in [0.2, 0.25) is 0 Å². The smallest absolute Gasteiger partial charge is 0.191 e. The van der Waals surface area contributed by atoms with Gasteiger partial charge in [-0.15, -0.1) is 0 Å². The molecule has 98 valence electrons. The van der Waals surface area contributed by atoms with Gasteiger partial charge in [-0.2, -0.15) is 0 Å². The summed E-state index contributed by atoms with van der Waals surface area (Å²) in [5.74, 6) is 1.97. The van der Waals surface area contributed by atoms with Gasteiger partial charge in [-0.25, -0.2) is 4.99 Å². The second-order valence-corrected chi connectivity index (χ2v) is 4.69. The second kappa shape index (κ2) is 6.28. The number of nitrogens with one attached hydrogen (secondary N) is 2. The van der Waals surface area contributed by atoms with E-state index in [9.17, 15) is 5.11 Å². The zero-order valence-electron chi connectivity index (χ0n) is 10.8. The maximum absolute atomic E-state index is 9.39. The molecule has 0 radical (unpaired) electrons. The van der Waals surface area contributed by atoms with E-state index >= 15 is 0 Å². The minimum Gasteiger partial charge on any atom is -0.508 e. The van der Waals surface area contributed by atoms with Crippen LogP contribution >= 0.6 is 0 Å². The highest BCUT2D eigenvalue weighted by Crippen LogP contribution is 2.27. The van der Waals surface area contributed by atoms with E-state index in [0.29, 0.717) is 12.3 Å². The van der Waals surface area contributed by atoms with Crippen molar-refractivity contribution >= 4 is 5.96 Å². The first-order chi connectivity index (χ1) is 8.78. The molecule has 0 unspecified atom stereocenters. The van der Waals surface area contributed by atoms with Gasteiger partial charge in [-0.05, 0) is 43.4 Å². The average Bonchev–Trinajstić information content (AvgIpc) is 3.17. The van der Waals surface area contributed by atoms with Crippen LogP contribution in [-0.2, 0) is 6.54 Å². The Kier molecular flexibility index (Phi) is 4.45. The molecule has 0 aromatic heterocycles. The van der Waals surface area contributed by atoms with Gasteiger partial charge in [0.05, 0.1) is 6.54 Å². The van der Waals surface area contributed by atoms with Gasteiger partial charge < -0.3 is 15.7 Å². The summed E-state index contributed by atoms with van der Waals surface area (Å²) in [7, 11) is 0. The number of nitrogens with zero attached hydrogens (tertiary/aromatic N) is 1. The van der Waals surface area contributed by atoms with Crippen molar-refractivity contribution in [2.24, 2.45) is 10.9 Å². The minimum absolute atomic E-state index is 0.290. The van der Waals surface area contributed by atoms with Crippen molar-refractivity contribution in [3.8, 4) is 5.75 Å². The van der Waals surface area contributed by atoms with Gasteiger partial charge >= 0.3 is 0 Å². The minimum atomic E-state index is 0.290. The molecule has 0 saturated heterocycles. The lowest BCUT2D eigenvalue weighted by atomic mass is 10.2. The van der Waals surface area contributed by atoms with Crippen molar-refractivity contribution in [1.82, 2.24) is 10.6 Å². The summed E-state index contributed by atoms with van der Waals surface area (Å²) in [6.45, 7) is 4.50. The van der Waals surface area contributed by atoms with E-state index in [1.165, 1.54) is 12.8 Å². The Bertz CT molecular complexity index is 413. The lowest BCUT2D eigenvalue weighted by molar-refractivity contribution is 0.474. The first kappa shape index (κ1) is 12.7. The Hall–Kier alpha value is -1.71. The number of aliphatic imine (C=N–C) groups is 1. The molecule has 0 amide bonds. The molecule has 3 N–H and O–H groups in total. The number of benzene rings is 1. The van der Waals surface area contributed by atoms with Crippen LogP contribution in [0, 0.1) is 5.92 Å².